The van der Waals surface area contributed by atoms with Crippen LogP contribution in [0.3, 0.4) is 0 Å². The molecule has 3 rings (SSSR count). The molecule has 0 spiro atoms. The fourth-order valence-corrected chi connectivity index (χ4v) is 2.00. The average Bonchev–Trinajstić information content (AvgIpc) is 2.89. The lowest BCUT2D eigenvalue weighted by Crippen LogP contribution is -1.92. The molecule has 0 aliphatic rings. The van der Waals surface area contributed by atoms with Gasteiger partial charge in [0.25, 0.3) is 0 Å². The first-order valence-electron chi connectivity index (χ1n) is 5.79. The molecular formula is C14H11N3O2. The molecule has 0 amide bonds. The number of hydrogen-bond acceptors (Lipinski definition) is 5. The van der Waals surface area contributed by atoms with Gasteiger partial charge in [0, 0.05) is 11.1 Å². The molecule has 0 atom stereocenters. The van der Waals surface area contributed by atoms with Crippen LogP contribution in [0.5, 0.6) is 0 Å². The van der Waals surface area contributed by atoms with E-state index in [1.54, 1.807) is 18.2 Å². The minimum Gasteiger partial charge on any atom is -0.397 e. The zero-order chi connectivity index (χ0) is 13.4. The van der Waals surface area contributed by atoms with Crippen molar-refractivity contribution in [2.24, 2.45) is 0 Å². The highest BCUT2D eigenvalue weighted by atomic mass is 16.6. The van der Waals surface area contributed by atoms with E-state index in [9.17, 15) is 4.79 Å². The summed E-state index contributed by atoms with van der Waals surface area (Å²) in [7, 11) is 0. The fourth-order valence-electron chi connectivity index (χ4n) is 2.00. The van der Waals surface area contributed by atoms with Gasteiger partial charge in [-0.05, 0) is 34.9 Å². The van der Waals surface area contributed by atoms with E-state index >= 15 is 0 Å². The number of nitrogen functional groups attached to an aromatic ring is 1. The molecule has 0 fully saturated rings. The van der Waals surface area contributed by atoms with Gasteiger partial charge < -0.3 is 5.73 Å². The molecule has 94 valence electrons. The monoisotopic (exact) mass is 253 g/mol. The number of aromatic nitrogens is 2. The molecule has 0 saturated heterocycles. The average molecular weight is 253 g/mol. The van der Waals surface area contributed by atoms with Crippen molar-refractivity contribution in [3.8, 4) is 11.1 Å². The van der Waals surface area contributed by atoms with Crippen LogP contribution in [0.2, 0.25) is 0 Å². The Bertz CT molecular complexity index is 760. The Morgan fingerprint density at radius 1 is 1.05 bits per heavy atom. The van der Waals surface area contributed by atoms with Gasteiger partial charge in [-0.2, -0.15) is 0 Å². The second kappa shape index (κ2) is 4.20. The number of anilines is 1. The topological polar surface area (TPSA) is 82.0 Å². The van der Waals surface area contributed by atoms with Crippen LogP contribution < -0.4 is 5.73 Å². The number of Topliss-reactive ketones (excluding diaryl/α,β-unsaturated/α-hetero) is 1. The summed E-state index contributed by atoms with van der Waals surface area (Å²) in [6, 6.07) is 10.9. The third-order valence-corrected chi connectivity index (χ3v) is 3.05. The quantitative estimate of drug-likeness (QED) is 0.560. The Hall–Kier alpha value is -2.69. The van der Waals surface area contributed by atoms with Crippen molar-refractivity contribution < 1.29 is 9.42 Å². The molecule has 5 nitrogen and oxygen atoms in total. The zero-order valence-corrected chi connectivity index (χ0v) is 10.3. The number of nitrogens with two attached hydrogens (primary N) is 1. The van der Waals surface area contributed by atoms with Crippen molar-refractivity contribution in [2.45, 2.75) is 6.92 Å². The van der Waals surface area contributed by atoms with Crippen LogP contribution in [-0.4, -0.2) is 16.1 Å². The van der Waals surface area contributed by atoms with Gasteiger partial charge in [-0.25, -0.2) is 4.63 Å². The van der Waals surface area contributed by atoms with Gasteiger partial charge >= 0.3 is 0 Å². The Balaban J connectivity index is 2.16. The number of carbonyl (C=O) groups is 1. The predicted molar refractivity (Wildman–Crippen MR) is 71.7 cm³/mol. The Morgan fingerprint density at radius 2 is 1.74 bits per heavy atom. The lowest BCUT2D eigenvalue weighted by Gasteiger charge is -2.04. The van der Waals surface area contributed by atoms with Crippen molar-refractivity contribution >= 4 is 22.5 Å². The van der Waals surface area contributed by atoms with E-state index in [4.69, 9.17) is 10.4 Å². The van der Waals surface area contributed by atoms with Crippen LogP contribution in [0.1, 0.15) is 17.3 Å². The number of ketones is 1. The summed E-state index contributed by atoms with van der Waals surface area (Å²) in [5, 5.41) is 7.67. The highest BCUT2D eigenvalue weighted by molar-refractivity contribution is 5.98. The number of nitrogens with zero attached hydrogens (tertiary/aromatic N) is 2. The van der Waals surface area contributed by atoms with Gasteiger partial charge in [-0.3, -0.25) is 4.79 Å². The fraction of sp³-hybridized carbons (Fsp3) is 0.0714. The van der Waals surface area contributed by atoms with Gasteiger partial charge in [0.15, 0.2) is 11.3 Å². The molecule has 0 unspecified atom stereocenters. The van der Waals surface area contributed by atoms with E-state index < -0.39 is 0 Å². The second-order valence-electron chi connectivity index (χ2n) is 4.30. The number of carbonyl (C=O) groups excluding carboxylic acids is 1. The van der Waals surface area contributed by atoms with Crippen molar-refractivity contribution in [1.82, 2.24) is 10.3 Å². The van der Waals surface area contributed by atoms with Gasteiger partial charge in [-0.1, -0.05) is 24.3 Å². The largest absolute Gasteiger partial charge is 0.397 e. The first-order valence-corrected chi connectivity index (χ1v) is 5.79. The van der Waals surface area contributed by atoms with Crippen LogP contribution in [-0.2, 0) is 0 Å². The standard InChI is InChI=1S/C14H11N3O2/c1-8(18)9-2-4-10(5-3-9)11-6-7-12(15)14-13(11)16-19-17-14/h2-7H,15H2,1H3. The third-order valence-electron chi connectivity index (χ3n) is 3.05. The van der Waals surface area contributed by atoms with E-state index in [1.807, 2.05) is 18.2 Å². The third kappa shape index (κ3) is 1.85. The van der Waals surface area contributed by atoms with E-state index in [-0.39, 0.29) is 5.78 Å². The minimum atomic E-state index is 0.0390. The summed E-state index contributed by atoms with van der Waals surface area (Å²) in [6.07, 6.45) is 0. The molecule has 5 heteroatoms. The Morgan fingerprint density at radius 3 is 2.42 bits per heavy atom. The maximum absolute atomic E-state index is 11.3. The van der Waals surface area contributed by atoms with Crippen molar-refractivity contribution in [3.05, 3.63) is 42.0 Å². The summed E-state index contributed by atoms with van der Waals surface area (Å²) in [5.41, 5.74) is 9.99. The van der Waals surface area contributed by atoms with Crippen LogP contribution >= 0.6 is 0 Å². The summed E-state index contributed by atoms with van der Waals surface area (Å²) < 4.78 is 4.74. The van der Waals surface area contributed by atoms with Gasteiger partial charge in [-0.15, -0.1) is 0 Å². The molecule has 0 aliphatic carbocycles. The molecule has 0 aliphatic heterocycles. The number of benzene rings is 2. The number of rotatable bonds is 2. The molecule has 3 aromatic rings. The SMILES string of the molecule is CC(=O)c1ccc(-c2ccc(N)c3nonc23)cc1. The van der Waals surface area contributed by atoms with Gasteiger partial charge in [0.2, 0.25) is 0 Å². The molecule has 0 radical (unpaired) electrons. The van der Waals surface area contributed by atoms with Crippen LogP contribution in [0, 0.1) is 0 Å². The predicted octanol–water partition coefficient (Wildman–Crippen LogP) is 2.67. The molecule has 1 heterocycles. The summed E-state index contributed by atoms with van der Waals surface area (Å²) in [4.78, 5) is 11.3. The van der Waals surface area contributed by atoms with Crippen LogP contribution in [0.4, 0.5) is 5.69 Å². The molecule has 1 aromatic heterocycles. The lowest BCUT2D eigenvalue weighted by atomic mass is 10.0. The van der Waals surface area contributed by atoms with E-state index in [2.05, 4.69) is 10.3 Å². The first kappa shape index (κ1) is 11.4. The number of hydrogen-bond donors (Lipinski definition) is 1. The maximum Gasteiger partial charge on any atom is 0.159 e. The van der Waals surface area contributed by atoms with Gasteiger partial charge in [0.05, 0.1) is 5.69 Å². The lowest BCUT2D eigenvalue weighted by molar-refractivity contribution is 0.101. The Kier molecular flexibility index (Phi) is 2.52. The normalized spacial score (nSPS) is 10.8. The second-order valence-corrected chi connectivity index (χ2v) is 4.30. The molecule has 0 saturated carbocycles. The maximum atomic E-state index is 11.3. The smallest absolute Gasteiger partial charge is 0.159 e. The van der Waals surface area contributed by atoms with Crippen molar-refractivity contribution in [3.63, 3.8) is 0 Å². The zero-order valence-electron chi connectivity index (χ0n) is 10.3. The molecule has 0 bridgehead atoms. The van der Waals surface area contributed by atoms with E-state index in [0.29, 0.717) is 22.3 Å². The van der Waals surface area contributed by atoms with E-state index in [1.165, 1.54) is 6.92 Å². The minimum absolute atomic E-state index is 0.0390. The molecule has 19 heavy (non-hydrogen) atoms. The van der Waals surface area contributed by atoms with E-state index in [0.717, 1.165) is 11.1 Å². The summed E-state index contributed by atoms with van der Waals surface area (Å²) in [6.45, 7) is 1.54. The highest BCUT2D eigenvalue weighted by Crippen LogP contribution is 2.29. The molecule has 2 aromatic carbocycles. The van der Waals surface area contributed by atoms with Crippen LogP contribution in [0.15, 0.2) is 41.0 Å². The summed E-state index contributed by atoms with van der Waals surface area (Å²) >= 11 is 0. The highest BCUT2D eigenvalue weighted by Gasteiger charge is 2.11. The summed E-state index contributed by atoms with van der Waals surface area (Å²) in [5.74, 6) is 0.0390. The molecule has 2 N–H and O–H groups in total. The van der Waals surface area contributed by atoms with Crippen molar-refractivity contribution in [1.29, 1.82) is 0 Å². The van der Waals surface area contributed by atoms with Crippen molar-refractivity contribution in [2.75, 3.05) is 5.73 Å². The Labute approximate surface area is 109 Å². The number of fused-ring (bicyclic) bond motifs is 1. The van der Waals surface area contributed by atoms with Gasteiger partial charge in [0.1, 0.15) is 5.52 Å². The first-order chi connectivity index (χ1) is 9.16. The molecular weight excluding hydrogens is 242 g/mol. The van der Waals surface area contributed by atoms with Crippen LogP contribution in [0.25, 0.3) is 22.2 Å².